The Hall–Kier alpha value is -4.40. The van der Waals surface area contributed by atoms with Crippen LogP contribution in [0.4, 0.5) is 11.4 Å². The first-order valence-corrected chi connectivity index (χ1v) is 9.63. The fraction of sp³-hybridized carbons (Fsp3) is 0.130. The van der Waals surface area contributed by atoms with Gasteiger partial charge in [-0.15, -0.1) is 0 Å². The second kappa shape index (κ2) is 8.03. The zero-order valence-corrected chi connectivity index (χ0v) is 16.6. The number of cyclic esters (lactones) is 2. The maximum Gasteiger partial charge on any atom is 0.346 e. The van der Waals surface area contributed by atoms with Crippen LogP contribution < -0.4 is 0 Å². The van der Waals surface area contributed by atoms with Gasteiger partial charge in [0.05, 0.1) is 15.4 Å². The molecule has 0 aliphatic carbocycles. The number of non-ortho nitro benzene ring substituents is 2. The highest BCUT2D eigenvalue weighted by molar-refractivity contribution is 6.06. The van der Waals surface area contributed by atoms with Crippen molar-refractivity contribution in [3.8, 4) is 0 Å². The molecule has 1 heterocycles. The molecule has 0 radical (unpaired) electrons. The Bertz CT molecular complexity index is 1210. The normalized spacial score (nSPS) is 14.4. The number of rotatable bonds is 6. The van der Waals surface area contributed by atoms with Crippen LogP contribution in [0.15, 0.2) is 72.8 Å². The Balaban J connectivity index is 1.88. The van der Waals surface area contributed by atoms with Gasteiger partial charge in [-0.2, -0.15) is 0 Å². The maximum atomic E-state index is 13.2. The lowest BCUT2D eigenvalue weighted by Crippen LogP contribution is -2.47. The average Bonchev–Trinajstić information content (AvgIpc) is 2.78. The van der Waals surface area contributed by atoms with E-state index in [9.17, 15) is 29.8 Å². The van der Waals surface area contributed by atoms with E-state index in [0.29, 0.717) is 16.7 Å². The van der Waals surface area contributed by atoms with Crippen LogP contribution in [0.25, 0.3) is 0 Å². The van der Waals surface area contributed by atoms with Crippen molar-refractivity contribution in [2.24, 2.45) is 0 Å². The number of nitro benzene ring substituents is 2. The van der Waals surface area contributed by atoms with Crippen LogP contribution in [0.5, 0.6) is 0 Å². The smallest absolute Gasteiger partial charge is 0.346 e. The predicted molar refractivity (Wildman–Crippen MR) is 112 cm³/mol. The van der Waals surface area contributed by atoms with Crippen LogP contribution in [0.3, 0.4) is 0 Å². The van der Waals surface area contributed by atoms with Crippen molar-refractivity contribution in [3.05, 3.63) is 115 Å². The molecule has 0 fully saturated rings. The summed E-state index contributed by atoms with van der Waals surface area (Å²) in [5, 5.41) is 22.5. The van der Waals surface area contributed by atoms with Gasteiger partial charge in [0.15, 0.2) is 0 Å². The monoisotopic (exact) mass is 432 g/mol. The number of benzene rings is 3. The lowest BCUT2D eigenvalue weighted by molar-refractivity contribution is -0.385. The Morgan fingerprint density at radius 1 is 0.750 bits per heavy atom. The lowest BCUT2D eigenvalue weighted by atomic mass is 9.68. The van der Waals surface area contributed by atoms with Gasteiger partial charge >= 0.3 is 11.9 Å². The minimum atomic E-state index is -1.41. The van der Waals surface area contributed by atoms with E-state index in [1.54, 1.807) is 36.4 Å². The van der Waals surface area contributed by atoms with E-state index in [1.165, 1.54) is 36.4 Å². The van der Waals surface area contributed by atoms with Crippen molar-refractivity contribution in [1.29, 1.82) is 0 Å². The number of esters is 2. The molecule has 9 heteroatoms. The van der Waals surface area contributed by atoms with Crippen LogP contribution in [0, 0.1) is 20.2 Å². The van der Waals surface area contributed by atoms with Crippen LogP contribution in [-0.2, 0) is 27.8 Å². The Labute approximate surface area is 181 Å². The molecule has 3 aromatic rings. The number of ether oxygens (including phenoxy) is 1. The first-order valence-electron chi connectivity index (χ1n) is 9.63. The second-order valence-corrected chi connectivity index (χ2v) is 7.51. The number of hydrogen-bond acceptors (Lipinski definition) is 7. The highest BCUT2D eigenvalue weighted by Gasteiger charge is 2.49. The third-order valence-corrected chi connectivity index (χ3v) is 5.49. The molecular formula is C23H16N2O7. The molecule has 0 N–H and O–H groups in total. The molecule has 9 nitrogen and oxygen atoms in total. The minimum absolute atomic E-state index is 0.000495. The zero-order valence-electron chi connectivity index (χ0n) is 16.6. The van der Waals surface area contributed by atoms with Crippen molar-refractivity contribution >= 4 is 23.3 Å². The molecule has 0 bridgehead atoms. The number of nitro groups is 2. The molecule has 1 aliphatic heterocycles. The summed E-state index contributed by atoms with van der Waals surface area (Å²) in [6, 6.07) is 18.2. The second-order valence-electron chi connectivity index (χ2n) is 7.51. The predicted octanol–water partition coefficient (Wildman–Crippen LogP) is 3.92. The van der Waals surface area contributed by atoms with Crippen molar-refractivity contribution in [1.82, 2.24) is 0 Å². The molecule has 0 aromatic heterocycles. The summed E-state index contributed by atoms with van der Waals surface area (Å²) in [5.74, 6) is -1.58. The summed E-state index contributed by atoms with van der Waals surface area (Å²) < 4.78 is 5.08. The molecule has 0 saturated carbocycles. The number of hydrogen-bond donors (Lipinski definition) is 0. The molecule has 0 spiro atoms. The van der Waals surface area contributed by atoms with Crippen molar-refractivity contribution < 1.29 is 24.2 Å². The molecule has 4 rings (SSSR count). The molecule has 3 aromatic carbocycles. The van der Waals surface area contributed by atoms with Gasteiger partial charge in [0, 0.05) is 24.3 Å². The zero-order chi connectivity index (χ0) is 22.9. The van der Waals surface area contributed by atoms with Crippen LogP contribution in [0.2, 0.25) is 0 Å². The summed E-state index contributed by atoms with van der Waals surface area (Å²) in [5.41, 5.74) is -0.0728. The molecule has 32 heavy (non-hydrogen) atoms. The SMILES string of the molecule is O=C1OC(=O)C(Cc2cccc([N+](=O)[O-])c2)(Cc2cccc([N+](=O)[O-])c2)c2ccccc21. The van der Waals surface area contributed by atoms with Gasteiger partial charge in [-0.05, 0) is 35.6 Å². The van der Waals surface area contributed by atoms with Gasteiger partial charge in [0.1, 0.15) is 5.41 Å². The van der Waals surface area contributed by atoms with E-state index >= 15 is 0 Å². The van der Waals surface area contributed by atoms with Crippen LogP contribution in [0.1, 0.15) is 27.0 Å². The standard InChI is InChI=1S/C23H16N2O7/c26-21-19-9-1-2-10-20(19)23(22(27)32-21,13-15-5-3-7-17(11-15)24(28)29)14-16-6-4-8-18(12-16)25(30)31/h1-12H,13-14H2. The first-order chi connectivity index (χ1) is 15.3. The molecule has 0 atom stereocenters. The maximum absolute atomic E-state index is 13.2. The molecule has 1 aliphatic rings. The number of carbonyl (C=O) groups excluding carboxylic acids is 2. The summed E-state index contributed by atoms with van der Waals surface area (Å²) in [6.45, 7) is 0. The van der Waals surface area contributed by atoms with Crippen molar-refractivity contribution in [3.63, 3.8) is 0 Å². The number of fused-ring (bicyclic) bond motifs is 1. The van der Waals surface area contributed by atoms with Crippen molar-refractivity contribution in [2.45, 2.75) is 18.3 Å². The fourth-order valence-electron chi connectivity index (χ4n) is 4.08. The highest BCUT2D eigenvalue weighted by Crippen LogP contribution is 2.40. The molecule has 160 valence electrons. The highest BCUT2D eigenvalue weighted by atomic mass is 16.6. The molecular weight excluding hydrogens is 416 g/mol. The number of carbonyl (C=O) groups is 2. The van der Waals surface area contributed by atoms with E-state index in [-0.39, 0.29) is 29.8 Å². The van der Waals surface area contributed by atoms with E-state index in [2.05, 4.69) is 0 Å². The van der Waals surface area contributed by atoms with Gasteiger partial charge in [0.2, 0.25) is 0 Å². The van der Waals surface area contributed by atoms with Gasteiger partial charge in [-0.3, -0.25) is 25.0 Å². The van der Waals surface area contributed by atoms with Crippen LogP contribution >= 0.6 is 0 Å². The molecule has 0 saturated heterocycles. The lowest BCUT2D eigenvalue weighted by Gasteiger charge is -2.36. The summed E-state index contributed by atoms with van der Waals surface area (Å²) in [7, 11) is 0. The van der Waals surface area contributed by atoms with Gasteiger partial charge < -0.3 is 4.74 Å². The van der Waals surface area contributed by atoms with E-state index < -0.39 is 27.2 Å². The third kappa shape index (κ3) is 3.71. The topological polar surface area (TPSA) is 130 Å². The van der Waals surface area contributed by atoms with Gasteiger partial charge in [-0.1, -0.05) is 42.5 Å². The van der Waals surface area contributed by atoms with Crippen LogP contribution in [-0.4, -0.2) is 21.8 Å². The third-order valence-electron chi connectivity index (χ3n) is 5.49. The molecule has 0 amide bonds. The Kier molecular flexibility index (Phi) is 5.23. The Morgan fingerprint density at radius 2 is 1.28 bits per heavy atom. The summed E-state index contributed by atoms with van der Waals surface area (Å²) >= 11 is 0. The quantitative estimate of drug-likeness (QED) is 0.250. The number of nitrogens with zero attached hydrogens (tertiary/aromatic N) is 2. The molecule has 0 unspecified atom stereocenters. The average molecular weight is 432 g/mol. The Morgan fingerprint density at radius 3 is 1.81 bits per heavy atom. The first kappa shape index (κ1) is 20.9. The van der Waals surface area contributed by atoms with Gasteiger partial charge in [-0.25, -0.2) is 4.79 Å². The van der Waals surface area contributed by atoms with E-state index in [0.717, 1.165) is 0 Å². The minimum Gasteiger partial charge on any atom is -0.389 e. The fourth-order valence-corrected chi connectivity index (χ4v) is 4.08. The van der Waals surface area contributed by atoms with E-state index in [1.807, 2.05) is 0 Å². The summed E-state index contributed by atoms with van der Waals surface area (Å²) in [6.07, 6.45) is 0.000989. The largest absolute Gasteiger partial charge is 0.389 e. The van der Waals surface area contributed by atoms with E-state index in [4.69, 9.17) is 4.74 Å². The van der Waals surface area contributed by atoms with Crippen molar-refractivity contribution in [2.75, 3.05) is 0 Å². The van der Waals surface area contributed by atoms with Gasteiger partial charge in [0.25, 0.3) is 11.4 Å². The summed E-state index contributed by atoms with van der Waals surface area (Å²) in [4.78, 5) is 47.0.